The van der Waals surface area contributed by atoms with E-state index < -0.39 is 16.5 Å². The van der Waals surface area contributed by atoms with E-state index in [1.54, 1.807) is 0 Å². The van der Waals surface area contributed by atoms with Crippen molar-refractivity contribution < 1.29 is 16.5 Å². The Hall–Kier alpha value is 0.968. The third-order valence-electron chi connectivity index (χ3n) is 1.69. The topological polar surface area (TPSA) is 14.1 Å². The van der Waals surface area contributed by atoms with Crippen LogP contribution in [0.4, 0.5) is 0 Å². The average molecular weight is 433 g/mol. The molecule has 0 bridgehead atoms. The predicted molar refractivity (Wildman–Crippen MR) is 66.9 cm³/mol. The average Bonchev–Trinajstić information content (AvgIpc) is 2.03. The molecule has 94 valence electrons. The molecule has 0 saturated carbocycles. The normalized spacial score (nSPS) is 24.4. The zero-order valence-corrected chi connectivity index (χ0v) is 13.7. The van der Waals surface area contributed by atoms with Crippen LogP contribution in [-0.4, -0.2) is 13.1 Å². The Morgan fingerprint density at radius 2 is 1.47 bits per heavy atom. The van der Waals surface area contributed by atoms with Crippen molar-refractivity contribution in [1.29, 1.82) is 0 Å². The van der Waals surface area contributed by atoms with Gasteiger partial charge >= 0.3 is 35.3 Å². The Labute approximate surface area is 111 Å². The molecule has 0 spiro atoms. The number of hydrogen-bond acceptors (Lipinski definition) is 0. The van der Waals surface area contributed by atoms with E-state index in [1.807, 2.05) is 13.8 Å². The van der Waals surface area contributed by atoms with Crippen LogP contribution in [0.5, 0.6) is 0 Å². The summed E-state index contributed by atoms with van der Waals surface area (Å²) in [5.74, 6) is 1.69. The van der Waals surface area contributed by atoms with Gasteiger partial charge < -0.3 is 11.9 Å². The van der Waals surface area contributed by atoms with Crippen molar-refractivity contribution in [2.24, 2.45) is 11.8 Å². The number of nitrogens with zero attached hydrogens (tertiary/aromatic N) is 1. The molecule has 0 amide bonds. The van der Waals surface area contributed by atoms with Gasteiger partial charge in [0.2, 0.25) is 0 Å². The summed E-state index contributed by atoms with van der Waals surface area (Å²) in [6.07, 6.45) is 1.38. The first-order valence-electron chi connectivity index (χ1n) is 4.95. The predicted octanol–water partition coefficient (Wildman–Crippen LogP) is 4.80. The fourth-order valence-corrected chi connectivity index (χ4v) is 1.35. The van der Waals surface area contributed by atoms with Crippen LogP contribution in [0.1, 0.15) is 34.1 Å². The number of piperidine rings is 1. The van der Waals surface area contributed by atoms with E-state index in [-0.39, 0.29) is 0 Å². The molecule has 0 aromatic carbocycles. The molecule has 1 saturated heterocycles. The van der Waals surface area contributed by atoms with Crippen molar-refractivity contribution in [3.8, 4) is 0 Å². The Bertz CT molecular complexity index is 142. The summed E-state index contributed by atoms with van der Waals surface area (Å²) in [5, 5.41) is 4.34. The number of rotatable bonds is 0. The minimum absolute atomic E-state index is 0.472. The molecule has 1 aliphatic heterocycles. The summed E-state index contributed by atoms with van der Waals surface area (Å²) in [6, 6.07) is 0. The molecular formula is C11H21Cl2NPt. The molecular weight excluding hydrogens is 412 g/mol. The van der Waals surface area contributed by atoms with Gasteiger partial charge in [-0.15, -0.1) is 13.1 Å². The molecule has 0 aromatic rings. The van der Waals surface area contributed by atoms with Gasteiger partial charge in [0.1, 0.15) is 0 Å². The summed E-state index contributed by atoms with van der Waals surface area (Å²) < 4.78 is 0. The Morgan fingerprint density at radius 1 is 1.20 bits per heavy atom. The van der Waals surface area contributed by atoms with Crippen LogP contribution in [0, 0.1) is 18.4 Å². The van der Waals surface area contributed by atoms with E-state index in [4.69, 9.17) is 25.4 Å². The van der Waals surface area contributed by atoms with Crippen molar-refractivity contribution in [3.05, 3.63) is 17.5 Å². The molecule has 4 heteroatoms. The van der Waals surface area contributed by atoms with Crippen molar-refractivity contribution >= 4 is 18.8 Å². The van der Waals surface area contributed by atoms with Crippen LogP contribution in [0.2, 0.25) is 0 Å². The summed E-state index contributed by atoms with van der Waals surface area (Å²) in [6.45, 7) is 15.5. The fraction of sp³-hybridized carbons (Fsp3) is 0.818. The van der Waals surface area contributed by atoms with Crippen LogP contribution in [0.15, 0.2) is 5.57 Å². The Kier molecular flexibility index (Phi) is 15.9. The van der Waals surface area contributed by atoms with Gasteiger partial charge in [0.25, 0.3) is 0 Å². The van der Waals surface area contributed by atoms with Crippen molar-refractivity contribution in [1.82, 2.24) is 0 Å². The molecule has 0 aliphatic carbocycles. The first-order valence-corrected chi connectivity index (χ1v) is 10.6. The van der Waals surface area contributed by atoms with Gasteiger partial charge in [-0.2, -0.15) is 0 Å². The zero-order valence-electron chi connectivity index (χ0n) is 9.87. The van der Waals surface area contributed by atoms with E-state index in [0.29, 0.717) is 0 Å². The molecule has 0 N–H and O–H groups in total. The van der Waals surface area contributed by atoms with Crippen LogP contribution in [-0.2, 0) is 16.5 Å². The second kappa shape index (κ2) is 13.0. The van der Waals surface area contributed by atoms with E-state index >= 15 is 0 Å². The van der Waals surface area contributed by atoms with Gasteiger partial charge in [-0.05, 0) is 0 Å². The minimum atomic E-state index is -0.472. The Morgan fingerprint density at radius 3 is 1.60 bits per heavy atom. The maximum absolute atomic E-state index is 5.03. The standard InChI is InChI=1S/C7H14N.C4H7.2ClH.Pt/c1-6-3-7(2)5-8-4-6;1-4(2)3;;;/h6-7H,3-5H2,1-2H3;1H,2-3H3;2*1H;/q2*-1;;;+4/p-2. The maximum atomic E-state index is 5.03. The van der Waals surface area contributed by atoms with E-state index in [0.717, 1.165) is 30.5 Å². The Balaban J connectivity index is 0. The van der Waals surface area contributed by atoms with Gasteiger partial charge in [0.15, 0.2) is 0 Å². The van der Waals surface area contributed by atoms with Gasteiger partial charge in [-0.1, -0.05) is 46.0 Å². The molecule has 1 nitrogen and oxygen atoms in total. The summed E-state index contributed by atoms with van der Waals surface area (Å²) >= 11 is -0.472. The fourth-order valence-electron chi connectivity index (χ4n) is 1.35. The van der Waals surface area contributed by atoms with Crippen LogP contribution < -0.4 is 0 Å². The van der Waals surface area contributed by atoms with E-state index in [9.17, 15) is 0 Å². The third-order valence-corrected chi connectivity index (χ3v) is 1.69. The molecule has 1 aliphatic rings. The second-order valence-electron chi connectivity index (χ2n) is 4.16. The molecule has 1 rings (SSSR count). The molecule has 1 fully saturated rings. The third kappa shape index (κ3) is 20.9. The van der Waals surface area contributed by atoms with E-state index in [1.165, 1.54) is 6.42 Å². The second-order valence-corrected chi connectivity index (χ2v) is 7.44. The van der Waals surface area contributed by atoms with Gasteiger partial charge in [-0.25, -0.2) is 0 Å². The molecule has 2 unspecified atom stereocenters. The van der Waals surface area contributed by atoms with Crippen LogP contribution >= 0.6 is 18.8 Å². The number of allylic oxidation sites excluding steroid dienone is 1. The van der Waals surface area contributed by atoms with Gasteiger partial charge in [0, 0.05) is 0 Å². The summed E-state index contributed by atoms with van der Waals surface area (Å²) in [7, 11) is 9.75. The quantitative estimate of drug-likeness (QED) is 0.488. The first-order chi connectivity index (χ1) is 6.93. The van der Waals surface area contributed by atoms with Crippen LogP contribution in [0.3, 0.4) is 0 Å². The van der Waals surface area contributed by atoms with Gasteiger partial charge in [0.05, 0.1) is 0 Å². The molecule has 15 heavy (non-hydrogen) atoms. The van der Waals surface area contributed by atoms with Crippen molar-refractivity contribution in [2.45, 2.75) is 34.1 Å². The van der Waals surface area contributed by atoms with Crippen LogP contribution in [0.25, 0.3) is 5.32 Å². The SMILES string of the molecule is CC1C[N-]CC(C)C1.[CH-]=C(C)C.[Cl][Pt+2][Cl]. The van der Waals surface area contributed by atoms with Crippen molar-refractivity contribution in [3.63, 3.8) is 0 Å². The summed E-state index contributed by atoms with van der Waals surface area (Å²) in [4.78, 5) is 0. The van der Waals surface area contributed by atoms with E-state index in [2.05, 4.69) is 19.2 Å². The first kappa shape index (κ1) is 18.3. The van der Waals surface area contributed by atoms with Crippen molar-refractivity contribution in [2.75, 3.05) is 13.1 Å². The molecule has 0 aromatic heterocycles. The monoisotopic (exact) mass is 432 g/mol. The molecule has 2 atom stereocenters. The number of hydrogen-bond donors (Lipinski definition) is 0. The molecule has 1 heterocycles. The summed E-state index contributed by atoms with van der Waals surface area (Å²) in [5.41, 5.74) is 0.917. The van der Waals surface area contributed by atoms with Gasteiger partial charge in [-0.3, -0.25) is 5.57 Å². The molecule has 0 radical (unpaired) electrons. The zero-order chi connectivity index (χ0) is 12.3. The number of halogens is 2.